The molecule has 1 aliphatic heterocycles. The fourth-order valence-electron chi connectivity index (χ4n) is 1.82. The summed E-state index contributed by atoms with van der Waals surface area (Å²) in [6.45, 7) is 9.90. The van der Waals surface area contributed by atoms with Crippen molar-refractivity contribution in [2.45, 2.75) is 33.3 Å². The van der Waals surface area contributed by atoms with Crippen molar-refractivity contribution >= 4 is 6.09 Å². The molecule has 2 N–H and O–H groups in total. The van der Waals surface area contributed by atoms with E-state index in [0.29, 0.717) is 18.4 Å². The Balaban J connectivity index is 2.50. The van der Waals surface area contributed by atoms with E-state index in [9.17, 15) is 4.79 Å². The predicted octanol–water partition coefficient (Wildman–Crippen LogP) is 1.45. The second-order valence-electron chi connectivity index (χ2n) is 5.36. The van der Waals surface area contributed by atoms with Gasteiger partial charge in [-0.25, -0.2) is 4.79 Å². The fraction of sp³-hybridized carbons (Fsp3) is 0.909. The maximum Gasteiger partial charge on any atom is 0.410 e. The Morgan fingerprint density at radius 1 is 1.47 bits per heavy atom. The summed E-state index contributed by atoms with van der Waals surface area (Å²) in [6, 6.07) is 0. The molecule has 0 aliphatic carbocycles. The van der Waals surface area contributed by atoms with Gasteiger partial charge in [-0.2, -0.15) is 0 Å². The Hall–Kier alpha value is -0.770. The number of hydrogen-bond donors (Lipinski definition) is 1. The lowest BCUT2D eigenvalue weighted by molar-refractivity contribution is 0.0285. The molecule has 0 unspecified atom stereocenters. The summed E-state index contributed by atoms with van der Waals surface area (Å²) in [5.74, 6) is 0.889. The molecule has 15 heavy (non-hydrogen) atoms. The molecule has 1 fully saturated rings. The molecule has 0 aromatic rings. The zero-order valence-electron chi connectivity index (χ0n) is 10.1. The first-order valence-electron chi connectivity index (χ1n) is 5.51. The molecule has 0 spiro atoms. The molecule has 2 atom stereocenters. The molecule has 0 radical (unpaired) electrons. The Kier molecular flexibility index (Phi) is 3.60. The van der Waals surface area contributed by atoms with Crippen LogP contribution in [0.2, 0.25) is 0 Å². The summed E-state index contributed by atoms with van der Waals surface area (Å²) in [5, 5.41) is 0. The van der Waals surface area contributed by atoms with Gasteiger partial charge in [-0.15, -0.1) is 0 Å². The van der Waals surface area contributed by atoms with Crippen LogP contribution in [0.1, 0.15) is 27.7 Å². The van der Waals surface area contributed by atoms with Crippen LogP contribution in [0.3, 0.4) is 0 Å². The minimum Gasteiger partial charge on any atom is -0.444 e. The van der Waals surface area contributed by atoms with E-state index in [1.54, 1.807) is 4.90 Å². The number of rotatable bonds is 1. The molecule has 0 aromatic carbocycles. The second-order valence-corrected chi connectivity index (χ2v) is 5.36. The highest BCUT2D eigenvalue weighted by Gasteiger charge is 2.33. The third-order valence-electron chi connectivity index (χ3n) is 2.72. The number of ether oxygens (including phenoxy) is 1. The van der Waals surface area contributed by atoms with Gasteiger partial charge in [0, 0.05) is 13.1 Å². The second kappa shape index (κ2) is 4.39. The first kappa shape index (κ1) is 12.3. The predicted molar refractivity (Wildman–Crippen MR) is 59.5 cm³/mol. The van der Waals surface area contributed by atoms with Gasteiger partial charge in [-0.3, -0.25) is 0 Å². The number of amides is 1. The lowest BCUT2D eigenvalue weighted by atomic mass is 9.99. The van der Waals surface area contributed by atoms with Gasteiger partial charge in [0.1, 0.15) is 5.60 Å². The summed E-state index contributed by atoms with van der Waals surface area (Å²) < 4.78 is 5.31. The summed E-state index contributed by atoms with van der Waals surface area (Å²) in [5.41, 5.74) is 5.22. The Morgan fingerprint density at radius 3 is 2.47 bits per heavy atom. The third kappa shape index (κ3) is 3.38. The summed E-state index contributed by atoms with van der Waals surface area (Å²) in [6.07, 6.45) is -0.217. The lowest BCUT2D eigenvalue weighted by Gasteiger charge is -2.24. The molecule has 0 saturated carbocycles. The SMILES string of the molecule is C[C@@H]1CN(C(=O)OC(C)(C)C)C[C@@H]1CN. The molecule has 4 heteroatoms. The highest BCUT2D eigenvalue weighted by molar-refractivity contribution is 5.68. The van der Waals surface area contributed by atoms with E-state index in [-0.39, 0.29) is 6.09 Å². The van der Waals surface area contributed by atoms with E-state index in [1.807, 2.05) is 20.8 Å². The van der Waals surface area contributed by atoms with Crippen molar-refractivity contribution in [3.05, 3.63) is 0 Å². The normalized spacial score (nSPS) is 26.9. The van der Waals surface area contributed by atoms with Crippen LogP contribution in [-0.4, -0.2) is 36.2 Å². The van der Waals surface area contributed by atoms with Gasteiger partial charge < -0.3 is 15.4 Å². The van der Waals surface area contributed by atoms with Crippen LogP contribution in [0.5, 0.6) is 0 Å². The summed E-state index contributed by atoms with van der Waals surface area (Å²) in [4.78, 5) is 13.5. The molecule has 1 aliphatic rings. The Labute approximate surface area is 91.8 Å². The van der Waals surface area contributed by atoms with Gasteiger partial charge in [-0.1, -0.05) is 6.92 Å². The van der Waals surface area contributed by atoms with Gasteiger partial charge in [0.2, 0.25) is 0 Å². The number of nitrogens with zero attached hydrogens (tertiary/aromatic N) is 1. The van der Waals surface area contributed by atoms with E-state index >= 15 is 0 Å². The summed E-state index contributed by atoms with van der Waals surface area (Å²) >= 11 is 0. The molecule has 1 rings (SSSR count). The van der Waals surface area contributed by atoms with E-state index < -0.39 is 5.60 Å². The van der Waals surface area contributed by atoms with Gasteiger partial charge in [0.05, 0.1) is 0 Å². The minimum atomic E-state index is -0.416. The lowest BCUT2D eigenvalue weighted by Crippen LogP contribution is -2.35. The standard InChI is InChI=1S/C11H22N2O2/c1-8-6-13(7-9(8)5-12)10(14)15-11(2,3)4/h8-9H,5-7,12H2,1-4H3/t8-,9+/m1/s1. The molecule has 4 nitrogen and oxygen atoms in total. The number of nitrogens with two attached hydrogens (primary N) is 1. The Bertz CT molecular complexity index is 235. The first-order valence-corrected chi connectivity index (χ1v) is 5.51. The number of carbonyl (C=O) groups is 1. The van der Waals surface area contributed by atoms with Gasteiger partial charge in [0.15, 0.2) is 0 Å². The summed E-state index contributed by atoms with van der Waals surface area (Å²) in [7, 11) is 0. The zero-order valence-corrected chi connectivity index (χ0v) is 10.1. The molecule has 88 valence electrons. The van der Waals surface area contributed by atoms with Crippen molar-refractivity contribution in [1.29, 1.82) is 0 Å². The van der Waals surface area contributed by atoms with Crippen LogP contribution in [0, 0.1) is 11.8 Å². The van der Waals surface area contributed by atoms with Crippen molar-refractivity contribution in [1.82, 2.24) is 4.90 Å². The Morgan fingerprint density at radius 2 is 2.07 bits per heavy atom. The van der Waals surface area contributed by atoms with Gasteiger partial charge in [0.25, 0.3) is 0 Å². The van der Waals surface area contributed by atoms with Crippen molar-refractivity contribution in [3.63, 3.8) is 0 Å². The number of hydrogen-bond acceptors (Lipinski definition) is 3. The van der Waals surface area contributed by atoms with Crippen LogP contribution in [0.15, 0.2) is 0 Å². The van der Waals surface area contributed by atoms with E-state index in [2.05, 4.69) is 6.92 Å². The average molecular weight is 214 g/mol. The van der Waals surface area contributed by atoms with E-state index in [1.165, 1.54) is 0 Å². The zero-order chi connectivity index (χ0) is 11.6. The smallest absolute Gasteiger partial charge is 0.410 e. The molecule has 1 amide bonds. The highest BCUT2D eigenvalue weighted by Crippen LogP contribution is 2.23. The van der Waals surface area contributed by atoms with Crippen LogP contribution >= 0.6 is 0 Å². The van der Waals surface area contributed by atoms with Gasteiger partial charge in [-0.05, 0) is 39.2 Å². The van der Waals surface area contributed by atoms with Crippen LogP contribution < -0.4 is 5.73 Å². The average Bonchev–Trinajstić information content (AvgIpc) is 2.43. The van der Waals surface area contributed by atoms with Gasteiger partial charge >= 0.3 is 6.09 Å². The van der Waals surface area contributed by atoms with Crippen molar-refractivity contribution in [3.8, 4) is 0 Å². The first-order chi connectivity index (χ1) is 6.83. The highest BCUT2D eigenvalue weighted by atomic mass is 16.6. The topological polar surface area (TPSA) is 55.6 Å². The van der Waals surface area contributed by atoms with Crippen LogP contribution in [0.4, 0.5) is 4.79 Å². The fourth-order valence-corrected chi connectivity index (χ4v) is 1.82. The molecule has 1 heterocycles. The van der Waals surface area contributed by atoms with E-state index in [0.717, 1.165) is 13.1 Å². The van der Waals surface area contributed by atoms with Crippen LogP contribution in [-0.2, 0) is 4.74 Å². The molecule has 0 aromatic heterocycles. The maximum atomic E-state index is 11.7. The molecule has 1 saturated heterocycles. The van der Waals surface area contributed by atoms with Crippen LogP contribution in [0.25, 0.3) is 0 Å². The molecule has 0 bridgehead atoms. The minimum absolute atomic E-state index is 0.217. The van der Waals surface area contributed by atoms with Crippen molar-refractivity contribution < 1.29 is 9.53 Å². The molecular weight excluding hydrogens is 192 g/mol. The maximum absolute atomic E-state index is 11.7. The monoisotopic (exact) mass is 214 g/mol. The number of likely N-dealkylation sites (tertiary alicyclic amines) is 1. The number of carbonyl (C=O) groups excluding carboxylic acids is 1. The van der Waals surface area contributed by atoms with Crippen molar-refractivity contribution in [2.24, 2.45) is 17.6 Å². The quantitative estimate of drug-likeness (QED) is 0.718. The largest absolute Gasteiger partial charge is 0.444 e. The van der Waals surface area contributed by atoms with E-state index in [4.69, 9.17) is 10.5 Å². The molecular formula is C11H22N2O2. The van der Waals surface area contributed by atoms with Crippen molar-refractivity contribution in [2.75, 3.05) is 19.6 Å². The third-order valence-corrected chi connectivity index (χ3v) is 2.72.